The molecule has 6 aromatic rings. The Morgan fingerprint density at radius 3 is 0.906 bits per heavy atom. The van der Waals surface area contributed by atoms with Crippen molar-refractivity contribution in [2.75, 3.05) is 0 Å². The van der Waals surface area contributed by atoms with Crippen molar-refractivity contribution in [3.63, 3.8) is 0 Å². The molecule has 0 unspecified atom stereocenters. The third-order valence-corrected chi connectivity index (χ3v) is 9.87. The molecule has 0 aliphatic carbocycles. The van der Waals surface area contributed by atoms with Crippen molar-refractivity contribution >= 4 is 45.3 Å². The van der Waals surface area contributed by atoms with Crippen molar-refractivity contribution < 1.29 is 0 Å². The highest BCUT2D eigenvalue weighted by Crippen LogP contribution is 2.44. The van der Waals surface area contributed by atoms with Crippen LogP contribution in [0.25, 0.3) is 50.1 Å². The molecule has 154 valence electrons. The molecule has 6 rings (SSSR count). The summed E-state index contributed by atoms with van der Waals surface area (Å²) >= 11 is 7.22. The molecule has 0 amide bonds. The first-order valence-electron chi connectivity index (χ1n) is 9.75. The second kappa shape index (κ2) is 8.48. The summed E-state index contributed by atoms with van der Waals surface area (Å²) in [5.74, 6) is 0. The molecule has 4 nitrogen and oxygen atoms in total. The number of rotatable bonds is 5. The third kappa shape index (κ3) is 3.82. The van der Waals surface area contributed by atoms with E-state index < -0.39 is 0 Å². The minimum Gasteiger partial charge on any atom is -0.244 e. The quantitative estimate of drug-likeness (QED) is 0.249. The lowest BCUT2D eigenvalue weighted by Crippen LogP contribution is -1.77. The average molecular weight is 487 g/mol. The van der Waals surface area contributed by atoms with Gasteiger partial charge in [-0.3, -0.25) is 0 Å². The summed E-state index contributed by atoms with van der Waals surface area (Å²) in [6, 6.07) is 17.5. The number of hydrogen-bond acceptors (Lipinski definition) is 8. The van der Waals surface area contributed by atoms with E-state index in [1.54, 1.807) is 35.3 Å². The molecule has 8 heteroatoms. The first-order chi connectivity index (χ1) is 15.8. The molecule has 0 saturated heterocycles. The van der Waals surface area contributed by atoms with E-state index in [1.807, 2.05) is 47.5 Å². The van der Waals surface area contributed by atoms with Gasteiger partial charge >= 0.3 is 0 Å². The average Bonchev–Trinajstić information content (AvgIpc) is 3.65. The molecule has 0 bridgehead atoms. The molecule has 6 heterocycles. The molecule has 0 aliphatic rings. The molecule has 6 aromatic heterocycles. The maximum absolute atomic E-state index is 4.13. The molecule has 0 saturated carbocycles. The highest BCUT2D eigenvalue weighted by molar-refractivity contribution is 7.29. The van der Waals surface area contributed by atoms with Crippen molar-refractivity contribution in [1.29, 1.82) is 0 Å². The van der Waals surface area contributed by atoms with E-state index in [2.05, 4.69) is 68.5 Å². The van der Waals surface area contributed by atoms with E-state index in [4.69, 9.17) is 0 Å². The van der Waals surface area contributed by atoms with E-state index in [0.29, 0.717) is 0 Å². The zero-order valence-electron chi connectivity index (χ0n) is 16.5. The summed E-state index contributed by atoms with van der Waals surface area (Å²) in [6.07, 6.45) is 10.6. The minimum absolute atomic E-state index is 1.06. The highest BCUT2D eigenvalue weighted by Gasteiger charge is 2.12. The molecule has 0 aliphatic heterocycles. The first kappa shape index (κ1) is 19.6. The third-order valence-electron chi connectivity index (χ3n) is 4.84. The maximum Gasteiger partial charge on any atom is 0.115 e. The number of thiophene rings is 4. The lowest BCUT2D eigenvalue weighted by molar-refractivity contribution is 1.17. The van der Waals surface area contributed by atoms with Crippen LogP contribution in [0.5, 0.6) is 0 Å². The van der Waals surface area contributed by atoms with Crippen molar-refractivity contribution in [3.05, 3.63) is 86.0 Å². The van der Waals surface area contributed by atoms with Gasteiger partial charge in [-0.2, -0.15) is 0 Å². The summed E-state index contributed by atoms with van der Waals surface area (Å²) in [5.41, 5.74) is 2.11. The van der Waals surface area contributed by atoms with Crippen LogP contribution in [0.2, 0.25) is 0 Å². The summed E-state index contributed by atoms with van der Waals surface area (Å²) in [5, 5.41) is 0. The Morgan fingerprint density at radius 2 is 0.594 bits per heavy atom. The van der Waals surface area contributed by atoms with Gasteiger partial charge in [0.1, 0.15) is 12.7 Å². The zero-order chi connectivity index (χ0) is 21.3. The fourth-order valence-electron chi connectivity index (χ4n) is 3.31. The number of aromatic nitrogens is 4. The smallest absolute Gasteiger partial charge is 0.115 e. The van der Waals surface area contributed by atoms with Gasteiger partial charge in [0.15, 0.2) is 0 Å². The molecular weight excluding hydrogens is 473 g/mol. The molecule has 0 atom stereocenters. The van der Waals surface area contributed by atoms with Crippen LogP contribution >= 0.6 is 45.3 Å². The molecule has 0 aromatic carbocycles. The fraction of sp³-hybridized carbons (Fsp3) is 0. The molecule has 0 N–H and O–H groups in total. The van der Waals surface area contributed by atoms with Crippen LogP contribution in [-0.2, 0) is 0 Å². The van der Waals surface area contributed by atoms with Gasteiger partial charge in [0.05, 0.1) is 0 Å². The van der Waals surface area contributed by atoms with E-state index in [-0.39, 0.29) is 0 Å². The molecule has 32 heavy (non-hydrogen) atoms. The lowest BCUT2D eigenvalue weighted by Gasteiger charge is -1.94. The Labute approximate surface area is 200 Å². The van der Waals surface area contributed by atoms with Gasteiger partial charge in [-0.25, -0.2) is 19.9 Å². The monoisotopic (exact) mass is 486 g/mol. The predicted molar refractivity (Wildman–Crippen MR) is 136 cm³/mol. The predicted octanol–water partition coefficient (Wildman–Crippen LogP) is 7.85. The van der Waals surface area contributed by atoms with Crippen LogP contribution in [0, 0.1) is 0 Å². The molecule has 0 radical (unpaired) electrons. The summed E-state index contributed by atoms with van der Waals surface area (Å²) in [7, 11) is 0. The van der Waals surface area contributed by atoms with Gasteiger partial charge < -0.3 is 0 Å². The largest absolute Gasteiger partial charge is 0.244 e. The first-order valence-corrected chi connectivity index (χ1v) is 13.0. The zero-order valence-corrected chi connectivity index (χ0v) is 19.8. The Morgan fingerprint density at radius 1 is 0.344 bits per heavy atom. The van der Waals surface area contributed by atoms with Crippen molar-refractivity contribution in [2.45, 2.75) is 0 Å². The van der Waals surface area contributed by atoms with Gasteiger partial charge in [0.25, 0.3) is 0 Å². The van der Waals surface area contributed by atoms with Crippen LogP contribution in [0.4, 0.5) is 0 Å². The van der Waals surface area contributed by atoms with E-state index >= 15 is 0 Å². The topological polar surface area (TPSA) is 51.6 Å². The van der Waals surface area contributed by atoms with Crippen LogP contribution in [0.3, 0.4) is 0 Å². The Bertz CT molecular complexity index is 1360. The normalized spacial score (nSPS) is 11.1. The van der Waals surface area contributed by atoms with Gasteiger partial charge in [-0.05, 0) is 48.5 Å². The van der Waals surface area contributed by atoms with E-state index in [1.165, 1.54) is 39.0 Å². The van der Waals surface area contributed by atoms with E-state index in [9.17, 15) is 0 Å². The highest BCUT2D eigenvalue weighted by atomic mass is 32.1. The summed E-state index contributed by atoms with van der Waals surface area (Å²) < 4.78 is 0. The van der Waals surface area contributed by atoms with Crippen molar-refractivity contribution in [1.82, 2.24) is 19.9 Å². The van der Waals surface area contributed by atoms with Crippen LogP contribution in [0.1, 0.15) is 0 Å². The summed E-state index contributed by atoms with van der Waals surface area (Å²) in [6.45, 7) is 0. The van der Waals surface area contributed by atoms with Crippen molar-refractivity contribution in [3.8, 4) is 50.1 Å². The van der Waals surface area contributed by atoms with Crippen LogP contribution in [-0.4, -0.2) is 19.9 Å². The second-order valence-electron chi connectivity index (χ2n) is 6.91. The van der Waals surface area contributed by atoms with Gasteiger partial charge in [-0.1, -0.05) is 0 Å². The number of nitrogens with zero attached hydrogens (tertiary/aromatic N) is 4. The lowest BCUT2D eigenvalue weighted by atomic mass is 10.3. The summed E-state index contributed by atoms with van der Waals surface area (Å²) in [4.78, 5) is 26.6. The van der Waals surface area contributed by atoms with Crippen LogP contribution < -0.4 is 0 Å². The standard InChI is InChI=1S/C24H14N4S4/c1-3-19(29-17(1)15-9-25-13-26-10-15)21-5-7-23(31-21)24-8-6-22(32-24)20-4-2-18(30-20)16-11-27-14-28-12-16/h1-14H. The Kier molecular flexibility index (Phi) is 5.20. The van der Waals surface area contributed by atoms with E-state index in [0.717, 1.165) is 11.1 Å². The Hall–Kier alpha value is -3.04. The van der Waals surface area contributed by atoms with Crippen molar-refractivity contribution in [2.24, 2.45) is 0 Å². The SMILES string of the molecule is c1ncc(-c2ccc(-c3ccc(-c4ccc(-c5ccc(-c6cncnc6)s5)s4)s3)s2)cn1. The molecule has 0 spiro atoms. The second-order valence-corrected chi connectivity index (χ2v) is 11.2. The van der Waals surface area contributed by atoms with Gasteiger partial charge in [0.2, 0.25) is 0 Å². The number of hydrogen-bond donors (Lipinski definition) is 0. The minimum atomic E-state index is 1.06. The maximum atomic E-state index is 4.13. The fourth-order valence-corrected chi connectivity index (χ4v) is 7.55. The molecule has 0 fully saturated rings. The van der Waals surface area contributed by atoms with Gasteiger partial charge in [-0.15, -0.1) is 45.3 Å². The van der Waals surface area contributed by atoms with Gasteiger partial charge in [0, 0.05) is 74.9 Å². The Balaban J connectivity index is 1.24. The molecular formula is C24H14N4S4. The van der Waals surface area contributed by atoms with Crippen LogP contribution in [0.15, 0.2) is 86.0 Å².